The lowest BCUT2D eigenvalue weighted by molar-refractivity contribution is 0.452. The van der Waals surface area contributed by atoms with Crippen LogP contribution in [-0.4, -0.2) is 15.2 Å². The third kappa shape index (κ3) is 1.86. The predicted octanol–water partition coefficient (Wildman–Crippen LogP) is 2.64. The molecule has 0 amide bonds. The topological polar surface area (TPSA) is 83.6 Å². The van der Waals surface area contributed by atoms with Crippen molar-refractivity contribution in [2.24, 2.45) is 0 Å². The Morgan fingerprint density at radius 2 is 2.11 bits per heavy atom. The number of aromatic hydroxyl groups is 2. The number of hydrogen-bond acceptors (Lipinski definition) is 6. The van der Waals surface area contributed by atoms with Gasteiger partial charge in [-0.05, 0) is 6.92 Å². The Hall–Kier alpha value is -2.34. The van der Waals surface area contributed by atoms with Gasteiger partial charge in [-0.15, -0.1) is 11.3 Å². The number of benzene rings is 1. The summed E-state index contributed by atoms with van der Waals surface area (Å²) in [4.78, 5) is 16.6. The molecular weight excluding hydrogens is 266 g/mol. The molecule has 6 heteroatoms. The monoisotopic (exact) mass is 275 g/mol. The summed E-state index contributed by atoms with van der Waals surface area (Å²) >= 11 is 1.43. The molecule has 3 rings (SSSR count). The van der Waals surface area contributed by atoms with E-state index in [4.69, 9.17) is 4.42 Å². The van der Waals surface area contributed by atoms with E-state index in [0.29, 0.717) is 5.69 Å². The standard InChI is InChI=1S/C13H9NO4S/c1-6-14-9(5-19-6)8-4-18-11-3-7(15)2-10(16)12(11)13(8)17/h2-5,15-16H,1H3. The molecule has 3 aromatic rings. The molecule has 0 radical (unpaired) electrons. The van der Waals surface area contributed by atoms with Gasteiger partial charge in [-0.1, -0.05) is 0 Å². The van der Waals surface area contributed by atoms with Crippen LogP contribution in [0.5, 0.6) is 11.5 Å². The Balaban J connectivity index is 2.36. The minimum Gasteiger partial charge on any atom is -0.508 e. The summed E-state index contributed by atoms with van der Waals surface area (Å²) in [6.07, 6.45) is 1.29. The van der Waals surface area contributed by atoms with E-state index < -0.39 is 0 Å². The zero-order chi connectivity index (χ0) is 13.6. The summed E-state index contributed by atoms with van der Waals surface area (Å²) in [5.41, 5.74) is 0.575. The fraction of sp³-hybridized carbons (Fsp3) is 0.0769. The number of hydrogen-bond donors (Lipinski definition) is 2. The van der Waals surface area contributed by atoms with Crippen molar-refractivity contribution in [2.75, 3.05) is 0 Å². The van der Waals surface area contributed by atoms with Crippen LogP contribution in [0, 0.1) is 6.92 Å². The highest BCUT2D eigenvalue weighted by Gasteiger charge is 2.15. The van der Waals surface area contributed by atoms with E-state index in [1.807, 2.05) is 6.92 Å². The quantitative estimate of drug-likeness (QED) is 0.713. The fourth-order valence-electron chi connectivity index (χ4n) is 1.88. The number of phenols is 2. The number of thiazole rings is 1. The van der Waals surface area contributed by atoms with Crippen molar-refractivity contribution in [3.8, 4) is 22.8 Å². The van der Waals surface area contributed by atoms with Crippen LogP contribution in [0.3, 0.4) is 0 Å². The molecule has 0 atom stereocenters. The SMILES string of the molecule is Cc1nc(-c2coc3cc(O)cc(O)c3c2=O)cs1. The predicted molar refractivity (Wildman–Crippen MR) is 71.7 cm³/mol. The van der Waals surface area contributed by atoms with E-state index in [1.165, 1.54) is 23.7 Å². The number of aromatic nitrogens is 1. The molecule has 0 fully saturated rings. The van der Waals surface area contributed by atoms with Crippen LogP contribution in [0.15, 0.2) is 33.0 Å². The molecule has 1 aromatic carbocycles. The van der Waals surface area contributed by atoms with Gasteiger partial charge in [0.15, 0.2) is 0 Å². The van der Waals surface area contributed by atoms with E-state index in [9.17, 15) is 15.0 Å². The van der Waals surface area contributed by atoms with Crippen LogP contribution in [0.25, 0.3) is 22.2 Å². The normalized spacial score (nSPS) is 11.0. The molecule has 0 saturated carbocycles. The van der Waals surface area contributed by atoms with Crippen molar-refractivity contribution in [1.29, 1.82) is 0 Å². The summed E-state index contributed by atoms with van der Waals surface area (Å²) < 4.78 is 5.29. The van der Waals surface area contributed by atoms with Crippen LogP contribution < -0.4 is 5.43 Å². The zero-order valence-corrected chi connectivity index (χ0v) is 10.7. The lowest BCUT2D eigenvalue weighted by Crippen LogP contribution is -2.05. The minimum atomic E-state index is -0.371. The average molecular weight is 275 g/mol. The molecule has 0 unspecified atom stereocenters. The maximum Gasteiger partial charge on any atom is 0.205 e. The first-order chi connectivity index (χ1) is 9.06. The van der Waals surface area contributed by atoms with Gasteiger partial charge in [0.25, 0.3) is 0 Å². The highest BCUT2D eigenvalue weighted by molar-refractivity contribution is 7.09. The van der Waals surface area contributed by atoms with Crippen molar-refractivity contribution in [2.45, 2.75) is 6.92 Å². The Bertz CT molecular complexity index is 834. The van der Waals surface area contributed by atoms with E-state index in [0.717, 1.165) is 11.1 Å². The van der Waals surface area contributed by atoms with Crippen molar-refractivity contribution < 1.29 is 14.6 Å². The highest BCUT2D eigenvalue weighted by Crippen LogP contribution is 2.29. The first-order valence-electron chi connectivity index (χ1n) is 5.46. The van der Waals surface area contributed by atoms with Crippen LogP contribution in [0.1, 0.15) is 5.01 Å². The van der Waals surface area contributed by atoms with Gasteiger partial charge in [0, 0.05) is 17.5 Å². The molecule has 96 valence electrons. The highest BCUT2D eigenvalue weighted by atomic mass is 32.1. The van der Waals surface area contributed by atoms with Gasteiger partial charge < -0.3 is 14.6 Å². The maximum absolute atomic E-state index is 12.3. The van der Waals surface area contributed by atoms with Crippen molar-refractivity contribution >= 4 is 22.3 Å². The molecule has 0 bridgehead atoms. The average Bonchev–Trinajstić information content (AvgIpc) is 2.75. The number of rotatable bonds is 1. The Morgan fingerprint density at radius 1 is 1.32 bits per heavy atom. The molecule has 0 aliphatic heterocycles. The van der Waals surface area contributed by atoms with Gasteiger partial charge in [0.2, 0.25) is 5.43 Å². The summed E-state index contributed by atoms with van der Waals surface area (Å²) in [6, 6.07) is 2.39. The first kappa shape index (κ1) is 11.7. The third-order valence-corrected chi connectivity index (χ3v) is 3.51. The van der Waals surface area contributed by atoms with Gasteiger partial charge in [-0.3, -0.25) is 4.79 Å². The molecule has 2 heterocycles. The molecule has 2 N–H and O–H groups in total. The Morgan fingerprint density at radius 3 is 2.79 bits per heavy atom. The molecule has 0 aliphatic carbocycles. The van der Waals surface area contributed by atoms with E-state index in [2.05, 4.69) is 4.98 Å². The molecule has 0 spiro atoms. The van der Waals surface area contributed by atoms with E-state index in [1.54, 1.807) is 5.38 Å². The van der Waals surface area contributed by atoms with Crippen LogP contribution >= 0.6 is 11.3 Å². The van der Waals surface area contributed by atoms with Crippen LogP contribution in [0.2, 0.25) is 0 Å². The summed E-state index contributed by atoms with van der Waals surface area (Å²) in [5.74, 6) is -0.469. The molecule has 2 aromatic heterocycles. The first-order valence-corrected chi connectivity index (χ1v) is 6.34. The van der Waals surface area contributed by atoms with Gasteiger partial charge in [-0.2, -0.15) is 0 Å². The maximum atomic E-state index is 12.3. The van der Waals surface area contributed by atoms with Crippen molar-refractivity contribution in [3.63, 3.8) is 0 Å². The summed E-state index contributed by atoms with van der Waals surface area (Å²) in [5, 5.41) is 21.8. The molecule has 0 saturated heterocycles. The smallest absolute Gasteiger partial charge is 0.205 e. The summed E-state index contributed by atoms with van der Waals surface area (Å²) in [6.45, 7) is 1.84. The Labute approximate surface area is 111 Å². The van der Waals surface area contributed by atoms with Crippen LogP contribution in [-0.2, 0) is 0 Å². The second-order valence-electron chi connectivity index (χ2n) is 4.07. The van der Waals surface area contributed by atoms with Crippen LogP contribution in [0.4, 0.5) is 0 Å². The molecule has 19 heavy (non-hydrogen) atoms. The van der Waals surface area contributed by atoms with E-state index in [-0.39, 0.29) is 33.5 Å². The number of fused-ring (bicyclic) bond motifs is 1. The van der Waals surface area contributed by atoms with Gasteiger partial charge >= 0.3 is 0 Å². The summed E-state index contributed by atoms with van der Waals surface area (Å²) in [7, 11) is 0. The lowest BCUT2D eigenvalue weighted by atomic mass is 10.1. The third-order valence-electron chi connectivity index (χ3n) is 2.74. The number of nitrogens with zero attached hydrogens (tertiary/aromatic N) is 1. The second-order valence-corrected chi connectivity index (χ2v) is 5.13. The van der Waals surface area contributed by atoms with Crippen molar-refractivity contribution in [3.05, 3.63) is 39.0 Å². The van der Waals surface area contributed by atoms with Gasteiger partial charge in [-0.25, -0.2) is 4.98 Å². The fourth-order valence-corrected chi connectivity index (χ4v) is 2.50. The number of phenolic OH excluding ortho intramolecular Hbond substituents is 2. The molecular formula is C13H9NO4S. The second kappa shape index (κ2) is 4.10. The van der Waals surface area contributed by atoms with Gasteiger partial charge in [0.05, 0.1) is 16.3 Å². The lowest BCUT2D eigenvalue weighted by Gasteiger charge is -2.02. The Kier molecular flexibility index (Phi) is 2.53. The molecule has 5 nitrogen and oxygen atoms in total. The minimum absolute atomic E-state index is 0.0425. The number of aryl methyl sites for hydroxylation is 1. The zero-order valence-electron chi connectivity index (χ0n) is 9.88. The largest absolute Gasteiger partial charge is 0.508 e. The van der Waals surface area contributed by atoms with E-state index >= 15 is 0 Å². The molecule has 0 aliphatic rings. The van der Waals surface area contributed by atoms with Gasteiger partial charge in [0.1, 0.15) is 28.7 Å². The van der Waals surface area contributed by atoms with Crippen molar-refractivity contribution in [1.82, 2.24) is 4.98 Å².